The number of aliphatic imine (C=N–C) groups is 1. The highest BCUT2D eigenvalue weighted by molar-refractivity contribution is 6.02. The van der Waals surface area contributed by atoms with Gasteiger partial charge < -0.3 is 15.4 Å². The maximum absolute atomic E-state index is 6.41. The molecule has 31 heavy (non-hydrogen) atoms. The molecule has 0 bridgehead atoms. The fraction of sp³-hybridized carbons (Fsp3) is 0.148. The highest BCUT2D eigenvalue weighted by Crippen LogP contribution is 2.36. The summed E-state index contributed by atoms with van der Waals surface area (Å²) in [6.07, 6.45) is 2.20. The van der Waals surface area contributed by atoms with E-state index in [1.165, 1.54) is 21.9 Å². The van der Waals surface area contributed by atoms with Gasteiger partial charge >= 0.3 is 0 Å². The minimum atomic E-state index is 0.443. The van der Waals surface area contributed by atoms with E-state index < -0.39 is 0 Å². The Morgan fingerprint density at radius 1 is 0.903 bits per heavy atom. The molecule has 0 fully saturated rings. The predicted octanol–water partition coefficient (Wildman–Crippen LogP) is 5.60. The molecule has 0 spiro atoms. The zero-order chi connectivity index (χ0) is 21.2. The second kappa shape index (κ2) is 8.15. The molecule has 0 saturated heterocycles. The zero-order valence-corrected chi connectivity index (χ0v) is 17.6. The molecule has 4 aromatic rings. The Morgan fingerprint density at radius 3 is 2.52 bits per heavy atom. The molecular weight excluding hydrogens is 382 g/mol. The molecule has 154 valence electrons. The largest absolute Gasteiger partial charge is 0.489 e. The molecule has 0 amide bonds. The van der Waals surface area contributed by atoms with Crippen LogP contribution in [0.3, 0.4) is 0 Å². The standard InChI is InChI=1S/C27H25N3O/c1-30(22-10-6-11-23(17-22)31-18-19-7-3-2-4-8-19)27(28)29-25-16-15-21-14-13-20-9-5-12-24(25)26(20)21/h2-12,15-17H,13-14,18H2,1H3,(H2,28,29). The van der Waals surface area contributed by atoms with Crippen molar-refractivity contribution in [3.63, 3.8) is 0 Å². The molecule has 0 radical (unpaired) electrons. The number of ether oxygens (including phenoxy) is 1. The van der Waals surface area contributed by atoms with E-state index in [0.717, 1.165) is 35.5 Å². The molecule has 0 aromatic heterocycles. The summed E-state index contributed by atoms with van der Waals surface area (Å²) in [7, 11) is 1.93. The van der Waals surface area contributed by atoms with Gasteiger partial charge in [0.05, 0.1) is 5.69 Å². The third-order valence-corrected chi connectivity index (χ3v) is 5.89. The molecule has 4 heteroatoms. The number of hydrogen-bond donors (Lipinski definition) is 1. The van der Waals surface area contributed by atoms with Crippen molar-refractivity contribution in [2.45, 2.75) is 19.4 Å². The van der Waals surface area contributed by atoms with Crippen molar-refractivity contribution in [1.82, 2.24) is 0 Å². The van der Waals surface area contributed by atoms with Crippen LogP contribution in [0.5, 0.6) is 5.75 Å². The molecule has 2 N–H and O–H groups in total. The van der Waals surface area contributed by atoms with Crippen LogP contribution in [0.2, 0.25) is 0 Å². The second-order valence-electron chi connectivity index (χ2n) is 7.88. The van der Waals surface area contributed by atoms with Crippen LogP contribution in [0.25, 0.3) is 10.8 Å². The topological polar surface area (TPSA) is 50.8 Å². The van der Waals surface area contributed by atoms with Crippen LogP contribution >= 0.6 is 0 Å². The van der Waals surface area contributed by atoms with Crippen LogP contribution in [0.15, 0.2) is 89.9 Å². The van der Waals surface area contributed by atoms with E-state index in [0.29, 0.717) is 12.6 Å². The quantitative estimate of drug-likeness (QED) is 0.346. The van der Waals surface area contributed by atoms with Crippen LogP contribution in [-0.2, 0) is 19.4 Å². The lowest BCUT2D eigenvalue weighted by Crippen LogP contribution is -2.33. The number of nitrogens with two attached hydrogens (primary N) is 1. The predicted molar refractivity (Wildman–Crippen MR) is 128 cm³/mol. The molecule has 1 aliphatic rings. The first-order valence-corrected chi connectivity index (χ1v) is 10.6. The summed E-state index contributed by atoms with van der Waals surface area (Å²) in [6, 6.07) is 28.8. The first kappa shape index (κ1) is 19.2. The maximum atomic E-state index is 6.41. The van der Waals surface area contributed by atoms with Gasteiger partial charge in [0.25, 0.3) is 0 Å². The molecule has 0 saturated carbocycles. The summed E-state index contributed by atoms with van der Waals surface area (Å²) >= 11 is 0. The fourth-order valence-electron chi connectivity index (χ4n) is 4.18. The molecule has 0 atom stereocenters. The van der Waals surface area contributed by atoms with Gasteiger partial charge in [-0.1, -0.05) is 60.7 Å². The molecule has 5 rings (SSSR count). The minimum absolute atomic E-state index is 0.443. The number of guanidine groups is 1. The van der Waals surface area contributed by atoms with E-state index >= 15 is 0 Å². The van der Waals surface area contributed by atoms with E-state index in [1.807, 2.05) is 54.4 Å². The molecule has 4 aromatic carbocycles. The van der Waals surface area contributed by atoms with Crippen molar-refractivity contribution in [2.75, 3.05) is 11.9 Å². The van der Waals surface area contributed by atoms with Gasteiger partial charge in [-0.2, -0.15) is 0 Å². The number of aryl methyl sites for hydroxylation is 2. The van der Waals surface area contributed by atoms with Gasteiger partial charge in [-0.15, -0.1) is 0 Å². The Morgan fingerprint density at radius 2 is 1.68 bits per heavy atom. The minimum Gasteiger partial charge on any atom is -0.489 e. The van der Waals surface area contributed by atoms with Gasteiger partial charge in [-0.25, -0.2) is 4.99 Å². The Kier molecular flexibility index (Phi) is 5.04. The second-order valence-corrected chi connectivity index (χ2v) is 7.88. The summed E-state index contributed by atoms with van der Waals surface area (Å²) in [4.78, 5) is 6.66. The number of nitrogens with zero attached hydrogens (tertiary/aromatic N) is 2. The Hall–Kier alpha value is -3.79. The van der Waals surface area contributed by atoms with Crippen molar-refractivity contribution in [2.24, 2.45) is 10.7 Å². The van der Waals surface area contributed by atoms with E-state index in [9.17, 15) is 0 Å². The zero-order valence-electron chi connectivity index (χ0n) is 17.6. The Bertz CT molecular complexity index is 1250. The Balaban J connectivity index is 1.39. The summed E-state index contributed by atoms with van der Waals surface area (Å²) in [6.45, 7) is 0.526. The first-order valence-electron chi connectivity index (χ1n) is 10.6. The van der Waals surface area contributed by atoms with Crippen LogP contribution in [0, 0.1) is 0 Å². The highest BCUT2D eigenvalue weighted by atomic mass is 16.5. The Labute approximate surface area is 182 Å². The lowest BCUT2D eigenvalue weighted by molar-refractivity contribution is 0.306. The van der Waals surface area contributed by atoms with E-state index in [-0.39, 0.29) is 0 Å². The molecular formula is C27H25N3O. The summed E-state index contributed by atoms with van der Waals surface area (Å²) < 4.78 is 5.96. The first-order chi connectivity index (χ1) is 15.2. The number of anilines is 1. The molecule has 0 heterocycles. The van der Waals surface area contributed by atoms with Crippen molar-refractivity contribution >= 4 is 28.1 Å². The average molecular weight is 408 g/mol. The monoisotopic (exact) mass is 407 g/mol. The molecule has 1 aliphatic carbocycles. The summed E-state index contributed by atoms with van der Waals surface area (Å²) in [5, 5.41) is 2.51. The molecule has 0 unspecified atom stereocenters. The fourth-order valence-corrected chi connectivity index (χ4v) is 4.18. The summed E-state index contributed by atoms with van der Waals surface area (Å²) in [5.41, 5.74) is 12.2. The van der Waals surface area contributed by atoms with Crippen LogP contribution < -0.4 is 15.4 Å². The van der Waals surface area contributed by atoms with Gasteiger partial charge in [0.15, 0.2) is 0 Å². The van der Waals surface area contributed by atoms with E-state index in [4.69, 9.17) is 15.5 Å². The SMILES string of the molecule is CN(C(N)=Nc1ccc2c3c(cccc13)CC2)c1cccc(OCc2ccccc2)c1. The average Bonchev–Trinajstić information content (AvgIpc) is 3.24. The smallest absolute Gasteiger partial charge is 0.200 e. The lowest BCUT2D eigenvalue weighted by Gasteiger charge is -2.19. The van der Waals surface area contributed by atoms with Crippen molar-refractivity contribution in [3.8, 4) is 5.75 Å². The van der Waals surface area contributed by atoms with E-state index in [2.05, 4.69) is 42.5 Å². The van der Waals surface area contributed by atoms with Crippen LogP contribution in [0.1, 0.15) is 16.7 Å². The van der Waals surface area contributed by atoms with Gasteiger partial charge in [0, 0.05) is 24.2 Å². The van der Waals surface area contributed by atoms with Crippen molar-refractivity contribution < 1.29 is 4.74 Å². The molecule has 4 nitrogen and oxygen atoms in total. The van der Waals surface area contributed by atoms with Gasteiger partial charge in [0.1, 0.15) is 12.4 Å². The van der Waals surface area contributed by atoms with Crippen molar-refractivity contribution in [1.29, 1.82) is 0 Å². The normalized spacial score (nSPS) is 12.9. The highest BCUT2D eigenvalue weighted by Gasteiger charge is 2.16. The van der Waals surface area contributed by atoms with Gasteiger partial charge in [-0.3, -0.25) is 0 Å². The lowest BCUT2D eigenvalue weighted by atomic mass is 10.0. The third-order valence-electron chi connectivity index (χ3n) is 5.89. The van der Waals surface area contributed by atoms with Crippen LogP contribution in [0.4, 0.5) is 11.4 Å². The van der Waals surface area contributed by atoms with Gasteiger partial charge in [-0.05, 0) is 53.1 Å². The van der Waals surface area contributed by atoms with Crippen molar-refractivity contribution in [3.05, 3.63) is 102 Å². The summed E-state index contributed by atoms with van der Waals surface area (Å²) in [5.74, 6) is 1.24. The number of rotatable bonds is 5. The number of hydrogen-bond acceptors (Lipinski definition) is 2. The van der Waals surface area contributed by atoms with E-state index in [1.54, 1.807) is 0 Å². The number of benzene rings is 4. The maximum Gasteiger partial charge on any atom is 0.200 e. The van der Waals surface area contributed by atoms with Gasteiger partial charge in [0.2, 0.25) is 5.96 Å². The third kappa shape index (κ3) is 3.84. The molecule has 0 aliphatic heterocycles. The van der Waals surface area contributed by atoms with Crippen LogP contribution in [-0.4, -0.2) is 13.0 Å².